The summed E-state index contributed by atoms with van der Waals surface area (Å²) in [6, 6.07) is 0. The first-order chi connectivity index (χ1) is 5.04. The number of primary amides is 1. The number of rotatable bonds is 1. The Labute approximate surface area is 67.1 Å². The van der Waals surface area contributed by atoms with Gasteiger partial charge in [0.1, 0.15) is 0 Å². The minimum Gasteiger partial charge on any atom is -0.369 e. The van der Waals surface area contributed by atoms with Gasteiger partial charge in [-0.15, -0.1) is 0 Å². The highest BCUT2D eigenvalue weighted by molar-refractivity contribution is 5.78. The highest BCUT2D eigenvalue weighted by Gasteiger charge is 2.36. The van der Waals surface area contributed by atoms with Crippen LogP contribution in [-0.4, -0.2) is 11.4 Å². The summed E-state index contributed by atoms with van der Waals surface area (Å²) >= 11 is 0. The molecule has 0 aliphatic heterocycles. The third-order valence-electron chi connectivity index (χ3n) is 2.60. The molecule has 1 aliphatic carbocycles. The molecule has 1 fully saturated rings. The summed E-state index contributed by atoms with van der Waals surface area (Å²) in [5.41, 5.74) is 10.8. The summed E-state index contributed by atoms with van der Waals surface area (Å²) in [7, 11) is 0. The normalized spacial score (nSPS) is 38.5. The molecule has 0 radical (unpaired) electrons. The van der Waals surface area contributed by atoms with Crippen LogP contribution in [-0.2, 0) is 4.79 Å². The predicted octanol–water partition coefficient (Wildman–Crippen LogP) is 0.379. The van der Waals surface area contributed by atoms with Crippen molar-refractivity contribution in [2.75, 3.05) is 0 Å². The van der Waals surface area contributed by atoms with Gasteiger partial charge in [-0.1, -0.05) is 12.8 Å². The second-order valence-corrected chi connectivity index (χ2v) is 3.71. The van der Waals surface area contributed by atoms with Gasteiger partial charge in [0.15, 0.2) is 0 Å². The maximum atomic E-state index is 10.9. The number of nitrogens with two attached hydrogens (primary N) is 2. The molecule has 2 atom stereocenters. The van der Waals surface area contributed by atoms with E-state index in [1.807, 2.05) is 6.92 Å². The molecule has 3 nitrogen and oxygen atoms in total. The molecule has 0 aromatic rings. The highest BCUT2D eigenvalue weighted by Crippen LogP contribution is 2.30. The van der Waals surface area contributed by atoms with Crippen molar-refractivity contribution in [3.63, 3.8) is 0 Å². The zero-order chi connectivity index (χ0) is 8.48. The Morgan fingerprint density at radius 1 is 1.55 bits per heavy atom. The molecular weight excluding hydrogens is 140 g/mol. The molecule has 64 valence electrons. The zero-order valence-corrected chi connectivity index (χ0v) is 6.97. The molecule has 11 heavy (non-hydrogen) atoms. The summed E-state index contributed by atoms with van der Waals surface area (Å²) in [4.78, 5) is 10.9. The summed E-state index contributed by atoms with van der Waals surface area (Å²) in [6.45, 7) is 1.92. The SMILES string of the molecule is CC1(N)CCCC[C@@H]1C(N)=O. The number of carbonyl (C=O) groups excluding carboxylic acids is 1. The lowest BCUT2D eigenvalue weighted by Gasteiger charge is -2.36. The first kappa shape index (κ1) is 8.53. The molecule has 0 spiro atoms. The van der Waals surface area contributed by atoms with Crippen LogP contribution in [0, 0.1) is 5.92 Å². The van der Waals surface area contributed by atoms with Crippen molar-refractivity contribution in [1.82, 2.24) is 0 Å². The lowest BCUT2D eigenvalue weighted by Crippen LogP contribution is -2.51. The highest BCUT2D eigenvalue weighted by atomic mass is 16.1. The Hall–Kier alpha value is -0.570. The summed E-state index contributed by atoms with van der Waals surface area (Å²) in [5, 5.41) is 0. The molecule has 0 saturated heterocycles. The summed E-state index contributed by atoms with van der Waals surface area (Å²) in [5.74, 6) is -0.356. The standard InChI is InChI=1S/C8H16N2O/c1-8(10)5-3-2-4-6(8)7(9)11/h6H,2-5,10H2,1H3,(H2,9,11)/t6-,8?/m1/s1. The minimum absolute atomic E-state index is 0.115. The third kappa shape index (κ3) is 1.71. The van der Waals surface area contributed by atoms with Gasteiger partial charge < -0.3 is 11.5 Å². The molecule has 0 bridgehead atoms. The molecular formula is C8H16N2O. The van der Waals surface area contributed by atoms with Crippen molar-refractivity contribution in [2.24, 2.45) is 17.4 Å². The van der Waals surface area contributed by atoms with E-state index in [2.05, 4.69) is 0 Å². The average Bonchev–Trinajstić information content (AvgIpc) is 1.85. The van der Waals surface area contributed by atoms with Crippen molar-refractivity contribution in [2.45, 2.75) is 38.1 Å². The molecule has 1 amide bonds. The van der Waals surface area contributed by atoms with E-state index >= 15 is 0 Å². The number of hydrogen-bond donors (Lipinski definition) is 2. The number of hydrogen-bond acceptors (Lipinski definition) is 2. The van der Waals surface area contributed by atoms with E-state index in [0.29, 0.717) is 0 Å². The monoisotopic (exact) mass is 156 g/mol. The average molecular weight is 156 g/mol. The van der Waals surface area contributed by atoms with Crippen LogP contribution in [0.15, 0.2) is 0 Å². The predicted molar refractivity (Wildman–Crippen MR) is 43.7 cm³/mol. The Kier molecular flexibility index (Phi) is 2.18. The maximum absolute atomic E-state index is 10.9. The summed E-state index contributed by atoms with van der Waals surface area (Å²) < 4.78 is 0. The van der Waals surface area contributed by atoms with Gasteiger partial charge in [-0.3, -0.25) is 4.79 Å². The quantitative estimate of drug-likeness (QED) is 0.576. The smallest absolute Gasteiger partial charge is 0.222 e. The Bertz CT molecular complexity index is 165. The fraction of sp³-hybridized carbons (Fsp3) is 0.875. The van der Waals surface area contributed by atoms with Crippen LogP contribution in [0.3, 0.4) is 0 Å². The zero-order valence-electron chi connectivity index (χ0n) is 6.97. The van der Waals surface area contributed by atoms with Crippen LogP contribution in [0.25, 0.3) is 0 Å². The van der Waals surface area contributed by atoms with E-state index in [1.54, 1.807) is 0 Å². The van der Waals surface area contributed by atoms with Gasteiger partial charge in [-0.05, 0) is 19.8 Å². The van der Waals surface area contributed by atoms with Gasteiger partial charge in [0.05, 0.1) is 5.92 Å². The second-order valence-electron chi connectivity index (χ2n) is 3.71. The molecule has 3 heteroatoms. The first-order valence-corrected chi connectivity index (χ1v) is 4.12. The van der Waals surface area contributed by atoms with Crippen LogP contribution in [0.5, 0.6) is 0 Å². The molecule has 0 heterocycles. The van der Waals surface area contributed by atoms with E-state index in [-0.39, 0.29) is 17.4 Å². The fourth-order valence-corrected chi connectivity index (χ4v) is 1.83. The van der Waals surface area contributed by atoms with Gasteiger partial charge in [-0.25, -0.2) is 0 Å². The minimum atomic E-state index is -0.357. The van der Waals surface area contributed by atoms with Crippen LogP contribution in [0.2, 0.25) is 0 Å². The molecule has 1 rings (SSSR count). The van der Waals surface area contributed by atoms with E-state index in [9.17, 15) is 4.79 Å². The van der Waals surface area contributed by atoms with Gasteiger partial charge in [0.25, 0.3) is 0 Å². The van der Waals surface area contributed by atoms with E-state index in [0.717, 1.165) is 25.7 Å². The topological polar surface area (TPSA) is 69.1 Å². The van der Waals surface area contributed by atoms with Gasteiger partial charge in [-0.2, -0.15) is 0 Å². The van der Waals surface area contributed by atoms with Crippen molar-refractivity contribution < 1.29 is 4.79 Å². The van der Waals surface area contributed by atoms with Crippen LogP contribution < -0.4 is 11.5 Å². The van der Waals surface area contributed by atoms with E-state index in [4.69, 9.17) is 11.5 Å². The molecule has 0 aromatic carbocycles. The summed E-state index contributed by atoms with van der Waals surface area (Å²) in [6.07, 6.45) is 3.99. The van der Waals surface area contributed by atoms with Crippen LogP contribution in [0.4, 0.5) is 0 Å². The maximum Gasteiger partial charge on any atom is 0.222 e. The molecule has 1 unspecified atom stereocenters. The largest absolute Gasteiger partial charge is 0.369 e. The van der Waals surface area contributed by atoms with Crippen molar-refractivity contribution in [3.8, 4) is 0 Å². The Balaban J connectivity index is 2.67. The van der Waals surface area contributed by atoms with E-state index < -0.39 is 0 Å². The Morgan fingerprint density at radius 3 is 2.55 bits per heavy atom. The lowest BCUT2D eigenvalue weighted by molar-refractivity contribution is -0.124. The fourth-order valence-electron chi connectivity index (χ4n) is 1.83. The molecule has 4 N–H and O–H groups in total. The number of carbonyl (C=O) groups is 1. The second kappa shape index (κ2) is 2.81. The van der Waals surface area contributed by atoms with Gasteiger partial charge in [0, 0.05) is 5.54 Å². The molecule has 1 aliphatic rings. The Morgan fingerprint density at radius 2 is 2.18 bits per heavy atom. The van der Waals surface area contributed by atoms with Gasteiger partial charge >= 0.3 is 0 Å². The van der Waals surface area contributed by atoms with Gasteiger partial charge in [0.2, 0.25) is 5.91 Å². The molecule has 1 saturated carbocycles. The number of amides is 1. The molecule has 0 aromatic heterocycles. The van der Waals surface area contributed by atoms with Crippen LogP contribution >= 0.6 is 0 Å². The first-order valence-electron chi connectivity index (χ1n) is 4.12. The van der Waals surface area contributed by atoms with Crippen molar-refractivity contribution in [3.05, 3.63) is 0 Å². The third-order valence-corrected chi connectivity index (χ3v) is 2.60. The van der Waals surface area contributed by atoms with Crippen molar-refractivity contribution >= 4 is 5.91 Å². The van der Waals surface area contributed by atoms with E-state index in [1.165, 1.54) is 0 Å². The lowest BCUT2D eigenvalue weighted by atomic mass is 9.74. The van der Waals surface area contributed by atoms with Crippen LogP contribution in [0.1, 0.15) is 32.6 Å². The van der Waals surface area contributed by atoms with Crippen molar-refractivity contribution in [1.29, 1.82) is 0 Å².